The Morgan fingerprint density at radius 1 is 1.36 bits per heavy atom. The standard InChI is InChI=1S/C11H23NO2/c1-9(2)14-8-7-10(13)12(6)11(3,4)5/h9H,7-8H2,1-6H3. The molecule has 0 spiro atoms. The van der Waals surface area contributed by atoms with Crippen molar-refractivity contribution in [2.24, 2.45) is 0 Å². The highest BCUT2D eigenvalue weighted by atomic mass is 16.5. The number of rotatable bonds is 4. The number of amides is 1. The van der Waals surface area contributed by atoms with E-state index in [2.05, 4.69) is 0 Å². The minimum Gasteiger partial charge on any atom is -0.378 e. The van der Waals surface area contributed by atoms with E-state index in [9.17, 15) is 4.79 Å². The van der Waals surface area contributed by atoms with Gasteiger partial charge in [-0.15, -0.1) is 0 Å². The molecule has 0 aliphatic rings. The molecule has 3 nitrogen and oxygen atoms in total. The Morgan fingerprint density at radius 2 is 1.86 bits per heavy atom. The summed E-state index contributed by atoms with van der Waals surface area (Å²) < 4.78 is 5.33. The monoisotopic (exact) mass is 201 g/mol. The van der Waals surface area contributed by atoms with Crippen molar-refractivity contribution >= 4 is 5.91 Å². The van der Waals surface area contributed by atoms with Crippen LogP contribution < -0.4 is 0 Å². The van der Waals surface area contributed by atoms with Gasteiger partial charge in [0.1, 0.15) is 0 Å². The van der Waals surface area contributed by atoms with Crippen LogP contribution in [0.3, 0.4) is 0 Å². The van der Waals surface area contributed by atoms with Gasteiger partial charge in [0.05, 0.1) is 19.1 Å². The van der Waals surface area contributed by atoms with Crippen LogP contribution in [0.4, 0.5) is 0 Å². The van der Waals surface area contributed by atoms with Gasteiger partial charge < -0.3 is 9.64 Å². The summed E-state index contributed by atoms with van der Waals surface area (Å²) in [5.41, 5.74) is -0.102. The van der Waals surface area contributed by atoms with E-state index in [1.54, 1.807) is 4.90 Å². The third-order valence-electron chi connectivity index (χ3n) is 2.15. The van der Waals surface area contributed by atoms with Crippen LogP contribution in [0.1, 0.15) is 41.0 Å². The Hall–Kier alpha value is -0.570. The molecular weight excluding hydrogens is 178 g/mol. The molecule has 0 radical (unpaired) electrons. The first-order valence-corrected chi connectivity index (χ1v) is 5.13. The zero-order valence-corrected chi connectivity index (χ0v) is 10.3. The van der Waals surface area contributed by atoms with E-state index in [1.165, 1.54) is 0 Å². The molecule has 0 heterocycles. The van der Waals surface area contributed by atoms with Gasteiger partial charge in [-0.2, -0.15) is 0 Å². The maximum Gasteiger partial charge on any atom is 0.225 e. The Labute approximate surface area is 87.4 Å². The van der Waals surface area contributed by atoms with E-state index in [-0.39, 0.29) is 17.6 Å². The second-order valence-corrected chi connectivity index (χ2v) is 4.79. The minimum atomic E-state index is -0.102. The highest BCUT2D eigenvalue weighted by Crippen LogP contribution is 2.11. The van der Waals surface area contributed by atoms with Gasteiger partial charge in [-0.3, -0.25) is 4.79 Å². The predicted molar refractivity (Wildman–Crippen MR) is 58.2 cm³/mol. The molecule has 0 rings (SSSR count). The zero-order chi connectivity index (χ0) is 11.4. The summed E-state index contributed by atoms with van der Waals surface area (Å²) >= 11 is 0. The lowest BCUT2D eigenvalue weighted by atomic mass is 10.1. The van der Waals surface area contributed by atoms with E-state index in [0.29, 0.717) is 13.0 Å². The van der Waals surface area contributed by atoms with Crippen molar-refractivity contribution in [2.45, 2.75) is 52.7 Å². The summed E-state index contributed by atoms with van der Waals surface area (Å²) in [6, 6.07) is 0. The Bertz CT molecular complexity index is 182. The molecule has 0 N–H and O–H groups in total. The van der Waals surface area contributed by atoms with Crippen LogP contribution in [0.2, 0.25) is 0 Å². The molecule has 0 aliphatic heterocycles. The fraction of sp³-hybridized carbons (Fsp3) is 0.909. The molecule has 0 atom stereocenters. The predicted octanol–water partition coefficient (Wildman–Crippen LogP) is 2.06. The number of ether oxygens (including phenoxy) is 1. The second-order valence-electron chi connectivity index (χ2n) is 4.79. The van der Waals surface area contributed by atoms with Gasteiger partial charge in [-0.1, -0.05) is 0 Å². The molecule has 0 fully saturated rings. The second kappa shape index (κ2) is 5.35. The molecule has 0 unspecified atom stereocenters. The first-order chi connectivity index (χ1) is 6.25. The van der Waals surface area contributed by atoms with Gasteiger partial charge in [0, 0.05) is 12.6 Å². The Balaban J connectivity index is 3.86. The van der Waals surface area contributed by atoms with Crippen LogP contribution >= 0.6 is 0 Å². The number of nitrogens with zero attached hydrogens (tertiary/aromatic N) is 1. The minimum absolute atomic E-state index is 0.102. The van der Waals surface area contributed by atoms with Crippen LogP contribution in [0.15, 0.2) is 0 Å². The van der Waals surface area contributed by atoms with Gasteiger partial charge >= 0.3 is 0 Å². The number of hydrogen-bond donors (Lipinski definition) is 0. The fourth-order valence-corrected chi connectivity index (χ4v) is 0.924. The average Bonchev–Trinajstić information content (AvgIpc) is 2.00. The van der Waals surface area contributed by atoms with Gasteiger partial charge in [-0.25, -0.2) is 0 Å². The molecule has 3 heteroatoms. The summed E-state index contributed by atoms with van der Waals surface area (Å²) in [7, 11) is 1.83. The van der Waals surface area contributed by atoms with Gasteiger partial charge in [0.25, 0.3) is 0 Å². The lowest BCUT2D eigenvalue weighted by Gasteiger charge is -2.32. The van der Waals surface area contributed by atoms with E-state index in [1.807, 2.05) is 41.7 Å². The molecule has 0 bridgehead atoms. The largest absolute Gasteiger partial charge is 0.378 e. The van der Waals surface area contributed by atoms with Crippen LogP contribution in [-0.4, -0.2) is 36.1 Å². The van der Waals surface area contributed by atoms with Crippen molar-refractivity contribution in [1.82, 2.24) is 4.90 Å². The molecule has 84 valence electrons. The van der Waals surface area contributed by atoms with Crippen LogP contribution in [0.5, 0.6) is 0 Å². The maximum absolute atomic E-state index is 11.6. The molecular formula is C11H23NO2. The molecule has 0 saturated carbocycles. The lowest BCUT2D eigenvalue weighted by molar-refractivity contribution is -0.135. The van der Waals surface area contributed by atoms with Crippen LogP contribution in [0, 0.1) is 0 Å². The van der Waals surface area contributed by atoms with E-state index in [4.69, 9.17) is 4.74 Å². The summed E-state index contributed by atoms with van der Waals surface area (Å²) in [5.74, 6) is 0.137. The zero-order valence-electron chi connectivity index (χ0n) is 10.3. The number of carbonyl (C=O) groups is 1. The molecule has 0 aromatic carbocycles. The van der Waals surface area contributed by atoms with Gasteiger partial charge in [-0.05, 0) is 34.6 Å². The highest BCUT2D eigenvalue weighted by Gasteiger charge is 2.21. The average molecular weight is 201 g/mol. The first kappa shape index (κ1) is 13.4. The van der Waals surface area contributed by atoms with Crippen molar-refractivity contribution in [3.63, 3.8) is 0 Å². The summed E-state index contributed by atoms with van der Waals surface area (Å²) in [4.78, 5) is 13.4. The van der Waals surface area contributed by atoms with E-state index >= 15 is 0 Å². The smallest absolute Gasteiger partial charge is 0.225 e. The van der Waals surface area contributed by atoms with Gasteiger partial charge in [0.15, 0.2) is 0 Å². The van der Waals surface area contributed by atoms with Crippen molar-refractivity contribution in [2.75, 3.05) is 13.7 Å². The topological polar surface area (TPSA) is 29.5 Å². The molecule has 0 aliphatic carbocycles. The molecule has 1 amide bonds. The molecule has 14 heavy (non-hydrogen) atoms. The van der Waals surface area contributed by atoms with Crippen molar-refractivity contribution in [1.29, 1.82) is 0 Å². The van der Waals surface area contributed by atoms with Crippen molar-refractivity contribution in [3.05, 3.63) is 0 Å². The van der Waals surface area contributed by atoms with E-state index in [0.717, 1.165) is 0 Å². The fourth-order valence-electron chi connectivity index (χ4n) is 0.924. The van der Waals surface area contributed by atoms with Gasteiger partial charge in [0.2, 0.25) is 5.91 Å². The normalized spacial score (nSPS) is 11.9. The Kier molecular flexibility index (Phi) is 5.13. The number of carbonyl (C=O) groups excluding carboxylic acids is 1. The molecule has 0 aromatic rings. The summed E-state index contributed by atoms with van der Waals surface area (Å²) in [6.45, 7) is 10.5. The van der Waals surface area contributed by atoms with Crippen molar-refractivity contribution in [3.8, 4) is 0 Å². The van der Waals surface area contributed by atoms with Crippen molar-refractivity contribution < 1.29 is 9.53 Å². The quantitative estimate of drug-likeness (QED) is 0.696. The third kappa shape index (κ3) is 5.22. The van der Waals surface area contributed by atoms with E-state index < -0.39 is 0 Å². The van der Waals surface area contributed by atoms with Crippen LogP contribution in [0.25, 0.3) is 0 Å². The third-order valence-corrected chi connectivity index (χ3v) is 2.15. The highest BCUT2D eigenvalue weighted by molar-refractivity contribution is 5.76. The molecule has 0 aromatic heterocycles. The lowest BCUT2D eigenvalue weighted by Crippen LogP contribution is -2.42. The van der Waals surface area contributed by atoms with Crippen LogP contribution in [-0.2, 0) is 9.53 Å². The summed E-state index contributed by atoms with van der Waals surface area (Å²) in [6.07, 6.45) is 0.661. The first-order valence-electron chi connectivity index (χ1n) is 5.13. The summed E-state index contributed by atoms with van der Waals surface area (Å²) in [5, 5.41) is 0. The number of hydrogen-bond acceptors (Lipinski definition) is 2. The SMILES string of the molecule is CC(C)OCCC(=O)N(C)C(C)(C)C. The Morgan fingerprint density at radius 3 is 2.21 bits per heavy atom. The maximum atomic E-state index is 11.6. The molecule has 0 saturated heterocycles.